The molecule has 0 spiro atoms. The van der Waals surface area contributed by atoms with Gasteiger partial charge in [0.15, 0.2) is 0 Å². The summed E-state index contributed by atoms with van der Waals surface area (Å²) >= 11 is 0. The molecule has 0 nitrogen and oxygen atoms in total. The van der Waals surface area contributed by atoms with Crippen LogP contribution in [0.2, 0.25) is 0 Å². The van der Waals surface area contributed by atoms with E-state index in [0.717, 1.165) is 5.92 Å². The summed E-state index contributed by atoms with van der Waals surface area (Å²) in [6.07, 6.45) is 6.67. The van der Waals surface area contributed by atoms with Crippen molar-refractivity contribution in [1.82, 2.24) is 0 Å². The normalized spacial score (nSPS) is 11.3. The Morgan fingerprint density at radius 3 is 2.39 bits per heavy atom. The number of benzene rings is 2. The first-order valence-corrected chi connectivity index (χ1v) is 7.23. The number of rotatable bonds is 6. The molecule has 0 heterocycles. The molecule has 0 aliphatic heterocycles. The first-order chi connectivity index (χ1) is 8.75. The third-order valence-electron chi connectivity index (χ3n) is 3.56. The monoisotopic (exact) mass is 240 g/mol. The first kappa shape index (κ1) is 13.1. The van der Waals surface area contributed by atoms with Crippen LogP contribution in [0.3, 0.4) is 0 Å². The van der Waals surface area contributed by atoms with Gasteiger partial charge in [0.25, 0.3) is 0 Å². The molecule has 0 fully saturated rings. The first-order valence-electron chi connectivity index (χ1n) is 7.23. The SMILES string of the molecule is CC(C)CCCCCc1ccc2ccccc2c1. The van der Waals surface area contributed by atoms with Gasteiger partial charge in [-0.25, -0.2) is 0 Å². The molecular formula is C18H24. The Labute approximate surface area is 111 Å². The lowest BCUT2D eigenvalue weighted by molar-refractivity contribution is 0.527. The zero-order valence-electron chi connectivity index (χ0n) is 11.7. The Kier molecular flexibility index (Phi) is 4.81. The van der Waals surface area contributed by atoms with Crippen molar-refractivity contribution in [1.29, 1.82) is 0 Å². The van der Waals surface area contributed by atoms with Crippen LogP contribution in [0, 0.1) is 5.92 Å². The second-order valence-corrected chi connectivity index (χ2v) is 5.67. The van der Waals surface area contributed by atoms with Crippen LogP contribution < -0.4 is 0 Å². The van der Waals surface area contributed by atoms with Crippen LogP contribution in [0.5, 0.6) is 0 Å². The summed E-state index contributed by atoms with van der Waals surface area (Å²) in [7, 11) is 0. The van der Waals surface area contributed by atoms with E-state index in [2.05, 4.69) is 56.3 Å². The summed E-state index contributed by atoms with van der Waals surface area (Å²) in [6.45, 7) is 4.62. The van der Waals surface area contributed by atoms with Gasteiger partial charge in [0, 0.05) is 0 Å². The van der Waals surface area contributed by atoms with Crippen LogP contribution in [0.15, 0.2) is 42.5 Å². The summed E-state index contributed by atoms with van der Waals surface area (Å²) in [4.78, 5) is 0. The van der Waals surface area contributed by atoms with Crippen LogP contribution in [0.4, 0.5) is 0 Å². The number of fused-ring (bicyclic) bond motifs is 1. The minimum Gasteiger partial charge on any atom is -0.0628 e. The Bertz CT molecular complexity index is 482. The second kappa shape index (κ2) is 6.58. The molecule has 0 amide bonds. The summed E-state index contributed by atoms with van der Waals surface area (Å²) in [5.74, 6) is 0.852. The molecule has 0 aliphatic carbocycles. The van der Waals surface area contributed by atoms with Crippen molar-refractivity contribution in [2.45, 2.75) is 46.0 Å². The molecule has 0 bridgehead atoms. The third kappa shape index (κ3) is 3.87. The molecule has 96 valence electrons. The quantitative estimate of drug-likeness (QED) is 0.577. The van der Waals surface area contributed by atoms with Gasteiger partial charge in [0.2, 0.25) is 0 Å². The van der Waals surface area contributed by atoms with E-state index in [9.17, 15) is 0 Å². The van der Waals surface area contributed by atoms with E-state index < -0.39 is 0 Å². The molecule has 0 radical (unpaired) electrons. The molecule has 0 heteroatoms. The van der Waals surface area contributed by atoms with E-state index in [1.165, 1.54) is 48.4 Å². The van der Waals surface area contributed by atoms with Crippen molar-refractivity contribution in [3.8, 4) is 0 Å². The Morgan fingerprint density at radius 2 is 1.61 bits per heavy atom. The molecule has 0 atom stereocenters. The zero-order chi connectivity index (χ0) is 12.8. The lowest BCUT2D eigenvalue weighted by Gasteiger charge is -2.05. The minimum atomic E-state index is 0.852. The van der Waals surface area contributed by atoms with Gasteiger partial charge in [0.05, 0.1) is 0 Å². The van der Waals surface area contributed by atoms with Crippen molar-refractivity contribution in [3.05, 3.63) is 48.0 Å². The maximum atomic E-state index is 2.35. The number of hydrogen-bond acceptors (Lipinski definition) is 0. The average molecular weight is 240 g/mol. The number of aryl methyl sites for hydroxylation is 1. The van der Waals surface area contributed by atoms with Gasteiger partial charge in [-0.15, -0.1) is 0 Å². The fourth-order valence-electron chi connectivity index (χ4n) is 2.45. The van der Waals surface area contributed by atoms with Gasteiger partial charge >= 0.3 is 0 Å². The second-order valence-electron chi connectivity index (χ2n) is 5.67. The van der Waals surface area contributed by atoms with Crippen LogP contribution in [0.1, 0.15) is 45.1 Å². The van der Waals surface area contributed by atoms with E-state index in [1.807, 2.05) is 0 Å². The lowest BCUT2D eigenvalue weighted by Crippen LogP contribution is -1.89. The van der Waals surface area contributed by atoms with Crippen molar-refractivity contribution < 1.29 is 0 Å². The Hall–Kier alpha value is -1.30. The molecule has 0 N–H and O–H groups in total. The van der Waals surface area contributed by atoms with Crippen LogP contribution in [-0.2, 0) is 6.42 Å². The van der Waals surface area contributed by atoms with Crippen molar-refractivity contribution in [3.63, 3.8) is 0 Å². The number of unbranched alkanes of at least 4 members (excludes halogenated alkanes) is 2. The molecule has 2 rings (SSSR count). The highest BCUT2D eigenvalue weighted by Crippen LogP contribution is 2.17. The minimum absolute atomic E-state index is 0.852. The summed E-state index contributed by atoms with van der Waals surface area (Å²) in [5, 5.41) is 2.72. The Balaban J connectivity index is 1.84. The van der Waals surface area contributed by atoms with E-state index in [-0.39, 0.29) is 0 Å². The maximum Gasteiger partial charge on any atom is -0.0181 e. The fourth-order valence-corrected chi connectivity index (χ4v) is 2.45. The van der Waals surface area contributed by atoms with Crippen molar-refractivity contribution >= 4 is 10.8 Å². The topological polar surface area (TPSA) is 0 Å². The third-order valence-corrected chi connectivity index (χ3v) is 3.56. The highest BCUT2D eigenvalue weighted by molar-refractivity contribution is 5.82. The van der Waals surface area contributed by atoms with Gasteiger partial charge in [-0.1, -0.05) is 75.6 Å². The van der Waals surface area contributed by atoms with Gasteiger partial charge in [0.1, 0.15) is 0 Å². The van der Waals surface area contributed by atoms with E-state index in [4.69, 9.17) is 0 Å². The van der Waals surface area contributed by atoms with E-state index in [0.29, 0.717) is 0 Å². The molecule has 0 aromatic heterocycles. The molecule has 2 aromatic carbocycles. The average Bonchev–Trinajstić information content (AvgIpc) is 2.38. The van der Waals surface area contributed by atoms with Gasteiger partial charge in [-0.3, -0.25) is 0 Å². The smallest absolute Gasteiger partial charge is 0.0181 e. The summed E-state index contributed by atoms with van der Waals surface area (Å²) in [6, 6.07) is 15.5. The van der Waals surface area contributed by atoms with Crippen molar-refractivity contribution in [2.75, 3.05) is 0 Å². The standard InChI is InChI=1S/C18H24/c1-15(2)8-4-3-5-9-16-12-13-17-10-6-7-11-18(17)14-16/h6-7,10-15H,3-5,8-9H2,1-2H3. The Morgan fingerprint density at radius 1 is 0.833 bits per heavy atom. The van der Waals surface area contributed by atoms with Crippen molar-refractivity contribution in [2.24, 2.45) is 5.92 Å². The maximum absolute atomic E-state index is 2.35. The molecule has 0 saturated heterocycles. The predicted molar refractivity (Wildman–Crippen MR) is 81.0 cm³/mol. The molecular weight excluding hydrogens is 216 g/mol. The largest absolute Gasteiger partial charge is 0.0628 e. The summed E-state index contributed by atoms with van der Waals surface area (Å²) < 4.78 is 0. The van der Waals surface area contributed by atoms with Crippen LogP contribution in [-0.4, -0.2) is 0 Å². The molecule has 0 aliphatic rings. The van der Waals surface area contributed by atoms with Crippen LogP contribution >= 0.6 is 0 Å². The van der Waals surface area contributed by atoms with Crippen LogP contribution in [0.25, 0.3) is 10.8 Å². The number of hydrogen-bond donors (Lipinski definition) is 0. The molecule has 0 unspecified atom stereocenters. The highest BCUT2D eigenvalue weighted by atomic mass is 14.0. The fraction of sp³-hybridized carbons (Fsp3) is 0.444. The highest BCUT2D eigenvalue weighted by Gasteiger charge is 1.98. The molecule has 0 saturated carbocycles. The molecule has 2 aromatic rings. The van der Waals surface area contributed by atoms with E-state index in [1.54, 1.807) is 0 Å². The zero-order valence-corrected chi connectivity index (χ0v) is 11.7. The molecule has 18 heavy (non-hydrogen) atoms. The lowest BCUT2D eigenvalue weighted by atomic mass is 10.0. The van der Waals surface area contributed by atoms with Gasteiger partial charge in [-0.2, -0.15) is 0 Å². The van der Waals surface area contributed by atoms with Gasteiger partial charge in [-0.05, 0) is 35.1 Å². The van der Waals surface area contributed by atoms with Gasteiger partial charge < -0.3 is 0 Å². The van der Waals surface area contributed by atoms with E-state index >= 15 is 0 Å². The summed E-state index contributed by atoms with van der Waals surface area (Å²) in [5.41, 5.74) is 1.48. The predicted octanol–water partition coefficient (Wildman–Crippen LogP) is 5.60.